The van der Waals surface area contributed by atoms with Gasteiger partial charge in [0.25, 0.3) is 0 Å². The molecule has 0 saturated carbocycles. The summed E-state index contributed by atoms with van der Waals surface area (Å²) in [5.74, 6) is 1.62. The third-order valence-electron chi connectivity index (χ3n) is 3.34. The number of hydrogen-bond acceptors (Lipinski definition) is 2. The number of rotatable bonds is 7. The Labute approximate surface area is 99.3 Å². The first-order valence-corrected chi connectivity index (χ1v) is 7.89. The third-order valence-corrected chi connectivity index (χ3v) is 5.74. The van der Waals surface area contributed by atoms with Gasteiger partial charge in [-0.25, -0.2) is 8.42 Å². The molecule has 1 unspecified atom stereocenters. The lowest BCUT2D eigenvalue weighted by Gasteiger charge is -2.31. The van der Waals surface area contributed by atoms with Gasteiger partial charge in [0, 0.05) is 11.6 Å². The Balaban J connectivity index is 4.15. The van der Waals surface area contributed by atoms with Gasteiger partial charge in [-0.1, -0.05) is 27.7 Å². The van der Waals surface area contributed by atoms with Crippen molar-refractivity contribution in [3.63, 3.8) is 0 Å². The van der Waals surface area contributed by atoms with Crippen LogP contribution in [0, 0.1) is 11.3 Å². The normalized spacial score (nSPS) is 16.7. The molecular formula is C11H23ClO2S. The molecule has 0 rings (SSSR count). The van der Waals surface area contributed by atoms with Crippen LogP contribution in [0.1, 0.15) is 40.5 Å². The fourth-order valence-electron chi connectivity index (χ4n) is 1.35. The fraction of sp³-hybridized carbons (Fsp3) is 1.00. The van der Waals surface area contributed by atoms with E-state index in [1.54, 1.807) is 6.92 Å². The fourth-order valence-corrected chi connectivity index (χ4v) is 2.67. The van der Waals surface area contributed by atoms with Gasteiger partial charge in [0.15, 0.2) is 0 Å². The highest BCUT2D eigenvalue weighted by Gasteiger charge is 2.27. The summed E-state index contributed by atoms with van der Waals surface area (Å²) in [4.78, 5) is 0. The van der Waals surface area contributed by atoms with E-state index in [1.165, 1.54) is 0 Å². The molecule has 15 heavy (non-hydrogen) atoms. The summed E-state index contributed by atoms with van der Waals surface area (Å²) in [6, 6.07) is 0. The van der Waals surface area contributed by atoms with Crippen LogP contribution in [0.15, 0.2) is 0 Å². The zero-order valence-electron chi connectivity index (χ0n) is 10.2. The number of alkyl halides is 1. The van der Waals surface area contributed by atoms with Gasteiger partial charge in [0.05, 0.1) is 5.75 Å². The minimum absolute atomic E-state index is 0.0603. The lowest BCUT2D eigenvalue weighted by molar-refractivity contribution is 0.232. The number of halogens is 1. The first-order chi connectivity index (χ1) is 6.77. The monoisotopic (exact) mass is 254 g/mol. The molecule has 0 aliphatic carbocycles. The largest absolute Gasteiger partial charge is 0.229 e. The van der Waals surface area contributed by atoms with Gasteiger partial charge < -0.3 is 0 Å². The van der Waals surface area contributed by atoms with Crippen LogP contribution in [0.25, 0.3) is 0 Å². The summed E-state index contributed by atoms with van der Waals surface area (Å²) in [6.07, 6.45) is 1.60. The summed E-state index contributed by atoms with van der Waals surface area (Å²) in [7, 11) is -2.82. The lowest BCUT2D eigenvalue weighted by atomic mass is 9.77. The molecule has 0 N–H and O–H groups in total. The molecule has 0 spiro atoms. The van der Waals surface area contributed by atoms with Gasteiger partial charge in [0.1, 0.15) is 9.84 Å². The van der Waals surface area contributed by atoms with Crippen LogP contribution in [0.4, 0.5) is 0 Å². The molecule has 1 atom stereocenters. The van der Waals surface area contributed by atoms with E-state index in [0.717, 1.165) is 12.8 Å². The predicted molar refractivity (Wildman–Crippen MR) is 67.2 cm³/mol. The van der Waals surface area contributed by atoms with Crippen molar-refractivity contribution >= 4 is 21.4 Å². The highest BCUT2D eigenvalue weighted by atomic mass is 35.5. The molecule has 0 fully saturated rings. The number of hydrogen-bond donors (Lipinski definition) is 0. The Morgan fingerprint density at radius 2 is 1.87 bits per heavy atom. The predicted octanol–water partition coefficient (Wildman–Crippen LogP) is 3.10. The smallest absolute Gasteiger partial charge is 0.150 e. The summed E-state index contributed by atoms with van der Waals surface area (Å²) < 4.78 is 22.6. The second-order valence-corrected chi connectivity index (χ2v) is 7.52. The molecular weight excluding hydrogens is 232 g/mol. The molecule has 0 bridgehead atoms. The maximum atomic E-state index is 11.3. The topological polar surface area (TPSA) is 34.1 Å². The summed E-state index contributed by atoms with van der Waals surface area (Å²) in [6.45, 7) is 8.09. The SMILES string of the molecule is CCS(=O)(=O)CCCC(C)(CCl)C(C)C. The minimum Gasteiger partial charge on any atom is -0.229 e. The van der Waals surface area contributed by atoms with Crippen molar-refractivity contribution in [2.75, 3.05) is 17.4 Å². The summed E-state index contributed by atoms with van der Waals surface area (Å²) in [5.41, 5.74) is 0.0603. The van der Waals surface area contributed by atoms with Gasteiger partial charge in [-0.05, 0) is 24.2 Å². The standard InChI is InChI=1S/C11H23ClO2S/c1-5-15(13,14)8-6-7-11(4,9-12)10(2)3/h10H,5-9H2,1-4H3. The van der Waals surface area contributed by atoms with Crippen LogP contribution in [0.5, 0.6) is 0 Å². The Bertz CT molecular complexity index is 272. The first-order valence-electron chi connectivity index (χ1n) is 5.54. The second-order valence-electron chi connectivity index (χ2n) is 4.78. The molecule has 0 aromatic carbocycles. The molecule has 0 saturated heterocycles. The van der Waals surface area contributed by atoms with E-state index in [9.17, 15) is 8.42 Å². The van der Waals surface area contributed by atoms with E-state index in [1.807, 2.05) is 0 Å². The molecule has 4 heteroatoms. The van der Waals surface area contributed by atoms with Crippen LogP contribution >= 0.6 is 11.6 Å². The zero-order valence-corrected chi connectivity index (χ0v) is 11.8. The van der Waals surface area contributed by atoms with Crippen molar-refractivity contribution in [1.82, 2.24) is 0 Å². The van der Waals surface area contributed by atoms with Gasteiger partial charge in [-0.3, -0.25) is 0 Å². The van der Waals surface area contributed by atoms with Crippen molar-refractivity contribution in [3.8, 4) is 0 Å². The van der Waals surface area contributed by atoms with Crippen molar-refractivity contribution < 1.29 is 8.42 Å². The van der Waals surface area contributed by atoms with Crippen molar-refractivity contribution in [1.29, 1.82) is 0 Å². The van der Waals surface area contributed by atoms with Gasteiger partial charge in [-0.2, -0.15) is 0 Å². The quantitative estimate of drug-likeness (QED) is 0.655. The lowest BCUT2D eigenvalue weighted by Crippen LogP contribution is -2.26. The average Bonchev–Trinajstić information content (AvgIpc) is 2.17. The van der Waals surface area contributed by atoms with E-state index >= 15 is 0 Å². The molecule has 0 amide bonds. The van der Waals surface area contributed by atoms with E-state index in [4.69, 9.17) is 11.6 Å². The van der Waals surface area contributed by atoms with Crippen LogP contribution in [-0.2, 0) is 9.84 Å². The molecule has 0 heterocycles. The van der Waals surface area contributed by atoms with Crippen molar-refractivity contribution in [2.24, 2.45) is 11.3 Å². The molecule has 2 nitrogen and oxygen atoms in total. The Hall–Kier alpha value is 0.240. The highest BCUT2D eigenvalue weighted by Crippen LogP contribution is 2.33. The molecule has 0 aromatic rings. The molecule has 0 aromatic heterocycles. The zero-order chi connectivity index (χ0) is 12.1. The van der Waals surface area contributed by atoms with Crippen LogP contribution in [-0.4, -0.2) is 25.8 Å². The average molecular weight is 255 g/mol. The minimum atomic E-state index is -2.82. The van der Waals surface area contributed by atoms with Crippen LogP contribution < -0.4 is 0 Å². The Morgan fingerprint density at radius 1 is 1.33 bits per heavy atom. The summed E-state index contributed by atoms with van der Waals surface area (Å²) in [5, 5.41) is 0. The van der Waals surface area contributed by atoms with E-state index in [0.29, 0.717) is 17.6 Å². The summed E-state index contributed by atoms with van der Waals surface area (Å²) >= 11 is 5.94. The third kappa shape index (κ3) is 5.21. The van der Waals surface area contributed by atoms with E-state index in [2.05, 4.69) is 20.8 Å². The van der Waals surface area contributed by atoms with Gasteiger partial charge >= 0.3 is 0 Å². The van der Waals surface area contributed by atoms with Crippen LogP contribution in [0.2, 0.25) is 0 Å². The van der Waals surface area contributed by atoms with Crippen molar-refractivity contribution in [3.05, 3.63) is 0 Å². The van der Waals surface area contributed by atoms with Gasteiger partial charge in [0.2, 0.25) is 0 Å². The molecule has 92 valence electrons. The van der Waals surface area contributed by atoms with Crippen molar-refractivity contribution in [2.45, 2.75) is 40.5 Å². The Kier molecular flexibility index (Phi) is 6.19. The second kappa shape index (κ2) is 6.09. The molecule has 0 radical (unpaired) electrons. The van der Waals surface area contributed by atoms with E-state index in [-0.39, 0.29) is 11.2 Å². The Morgan fingerprint density at radius 3 is 2.20 bits per heavy atom. The van der Waals surface area contributed by atoms with Gasteiger partial charge in [-0.15, -0.1) is 11.6 Å². The first kappa shape index (κ1) is 15.2. The number of sulfone groups is 1. The highest BCUT2D eigenvalue weighted by molar-refractivity contribution is 7.91. The maximum absolute atomic E-state index is 11.3. The van der Waals surface area contributed by atoms with E-state index < -0.39 is 9.84 Å². The molecule has 0 aliphatic rings. The maximum Gasteiger partial charge on any atom is 0.150 e. The van der Waals surface area contributed by atoms with Crippen LogP contribution in [0.3, 0.4) is 0 Å². The molecule has 0 aliphatic heterocycles.